The normalized spacial score (nSPS) is 16.7. The number of Topliss-reactive ketones (excluding diaryl/α,β-unsaturated/α-hetero) is 1. The van der Waals surface area contributed by atoms with Crippen LogP contribution >= 0.6 is 11.3 Å². The summed E-state index contributed by atoms with van der Waals surface area (Å²) in [7, 11) is 0. The van der Waals surface area contributed by atoms with E-state index in [4.69, 9.17) is 0 Å². The van der Waals surface area contributed by atoms with Gasteiger partial charge in [-0.25, -0.2) is 0 Å². The van der Waals surface area contributed by atoms with Gasteiger partial charge in [0.1, 0.15) is 0 Å². The first kappa shape index (κ1) is 11.9. The van der Waals surface area contributed by atoms with E-state index in [-0.39, 0.29) is 5.78 Å². The van der Waals surface area contributed by atoms with Crippen molar-refractivity contribution in [1.29, 1.82) is 0 Å². The molecule has 20 heavy (non-hydrogen) atoms. The van der Waals surface area contributed by atoms with Gasteiger partial charge in [0.2, 0.25) is 0 Å². The topological polar surface area (TPSA) is 17.1 Å². The fraction of sp³-hybridized carbons (Fsp3) is 0.167. The molecule has 1 heterocycles. The van der Waals surface area contributed by atoms with E-state index in [0.29, 0.717) is 12.3 Å². The minimum Gasteiger partial charge on any atom is -0.293 e. The molecule has 0 spiro atoms. The predicted molar refractivity (Wildman–Crippen MR) is 83.7 cm³/mol. The summed E-state index contributed by atoms with van der Waals surface area (Å²) in [4.78, 5) is 13.3. The lowest BCUT2D eigenvalue weighted by Gasteiger charge is -2.29. The molecule has 1 aliphatic rings. The van der Waals surface area contributed by atoms with Gasteiger partial charge in [-0.3, -0.25) is 4.79 Å². The number of carbonyl (C=O) groups excluding carboxylic acids is 1. The molecule has 0 N–H and O–H groups in total. The first-order chi connectivity index (χ1) is 9.81. The third-order valence-electron chi connectivity index (χ3n) is 4.09. The highest BCUT2D eigenvalue weighted by molar-refractivity contribution is 7.20. The maximum atomic E-state index is 12.4. The minimum atomic E-state index is 0.283. The number of benzene rings is 2. The van der Waals surface area contributed by atoms with E-state index in [2.05, 4.69) is 36.4 Å². The molecule has 2 aromatic carbocycles. The highest BCUT2D eigenvalue weighted by Crippen LogP contribution is 2.38. The Kier molecular flexibility index (Phi) is 2.71. The summed E-state index contributed by atoms with van der Waals surface area (Å²) in [6.07, 6.45) is 1.69. The van der Waals surface area contributed by atoms with Gasteiger partial charge in [-0.1, -0.05) is 42.5 Å². The van der Waals surface area contributed by atoms with E-state index in [1.54, 1.807) is 11.3 Å². The summed E-state index contributed by atoms with van der Waals surface area (Å²) in [5.41, 5.74) is 2.77. The molecule has 0 amide bonds. The summed E-state index contributed by atoms with van der Waals surface area (Å²) in [5.74, 6) is 0.703. The first-order valence-electron chi connectivity index (χ1n) is 6.91. The molecule has 2 heteroatoms. The van der Waals surface area contributed by atoms with Crippen molar-refractivity contribution in [3.8, 4) is 0 Å². The van der Waals surface area contributed by atoms with Crippen molar-refractivity contribution in [1.82, 2.24) is 0 Å². The van der Waals surface area contributed by atoms with E-state index in [1.165, 1.54) is 21.2 Å². The van der Waals surface area contributed by atoms with Gasteiger partial charge < -0.3 is 0 Å². The number of carbonyl (C=O) groups is 1. The zero-order valence-corrected chi connectivity index (χ0v) is 11.8. The van der Waals surface area contributed by atoms with Crippen molar-refractivity contribution in [3.63, 3.8) is 0 Å². The fourth-order valence-electron chi connectivity index (χ4n) is 2.99. The lowest BCUT2D eigenvalue weighted by molar-refractivity contribution is 0.0974. The number of ketones is 1. The maximum absolute atomic E-state index is 12.4. The third-order valence-corrected chi connectivity index (χ3v) is 5.25. The van der Waals surface area contributed by atoms with Gasteiger partial charge in [-0.05, 0) is 41.0 Å². The molecule has 3 aromatic rings. The van der Waals surface area contributed by atoms with Crippen molar-refractivity contribution in [3.05, 3.63) is 70.6 Å². The van der Waals surface area contributed by atoms with E-state index < -0.39 is 0 Å². The van der Waals surface area contributed by atoms with Gasteiger partial charge in [0, 0.05) is 11.1 Å². The second-order valence-electron chi connectivity index (χ2n) is 5.38. The highest BCUT2D eigenvalue weighted by atomic mass is 32.1. The zero-order chi connectivity index (χ0) is 13.5. The summed E-state index contributed by atoms with van der Waals surface area (Å²) >= 11 is 1.61. The second-order valence-corrected chi connectivity index (χ2v) is 6.46. The quantitative estimate of drug-likeness (QED) is 0.628. The summed E-state index contributed by atoms with van der Waals surface area (Å²) in [6.45, 7) is 0. The van der Waals surface area contributed by atoms with Gasteiger partial charge in [0.25, 0.3) is 0 Å². The molecule has 0 aliphatic heterocycles. The van der Waals surface area contributed by atoms with Crippen molar-refractivity contribution in [2.45, 2.75) is 18.8 Å². The van der Waals surface area contributed by atoms with E-state index in [0.717, 1.165) is 11.3 Å². The van der Waals surface area contributed by atoms with Crippen molar-refractivity contribution in [2.75, 3.05) is 0 Å². The number of hydrogen-bond acceptors (Lipinski definition) is 2. The van der Waals surface area contributed by atoms with E-state index >= 15 is 0 Å². The molecule has 1 aliphatic carbocycles. The second kappa shape index (κ2) is 4.57. The van der Waals surface area contributed by atoms with Crippen LogP contribution in [0.1, 0.15) is 33.1 Å². The van der Waals surface area contributed by atoms with Crippen LogP contribution in [0.4, 0.5) is 0 Å². The highest BCUT2D eigenvalue weighted by Gasteiger charge is 2.28. The Morgan fingerprint density at radius 1 is 1.10 bits per heavy atom. The van der Waals surface area contributed by atoms with Crippen LogP contribution in [0.25, 0.3) is 10.1 Å². The molecule has 0 radical (unpaired) electrons. The van der Waals surface area contributed by atoms with Crippen LogP contribution in [0.3, 0.4) is 0 Å². The maximum Gasteiger partial charge on any atom is 0.173 e. The Morgan fingerprint density at radius 3 is 2.75 bits per heavy atom. The molecular formula is C18H14OS. The molecule has 0 saturated carbocycles. The van der Waals surface area contributed by atoms with Gasteiger partial charge in [-0.15, -0.1) is 11.3 Å². The number of thiophene rings is 1. The number of rotatable bonds is 3. The average molecular weight is 278 g/mol. The monoisotopic (exact) mass is 278 g/mol. The number of hydrogen-bond donors (Lipinski definition) is 0. The molecule has 1 unspecified atom stereocenters. The van der Waals surface area contributed by atoms with Crippen molar-refractivity contribution in [2.24, 2.45) is 0 Å². The molecule has 4 rings (SSSR count). The molecule has 0 bridgehead atoms. The van der Waals surface area contributed by atoms with Crippen LogP contribution in [0.2, 0.25) is 0 Å². The lowest BCUT2D eigenvalue weighted by atomic mass is 9.75. The molecule has 1 nitrogen and oxygen atoms in total. The van der Waals surface area contributed by atoms with Crippen LogP contribution in [0, 0.1) is 0 Å². The molecule has 0 saturated heterocycles. The van der Waals surface area contributed by atoms with Gasteiger partial charge in [0.05, 0.1) is 4.88 Å². The Hall–Kier alpha value is -1.93. The minimum absolute atomic E-state index is 0.283. The van der Waals surface area contributed by atoms with Gasteiger partial charge >= 0.3 is 0 Å². The smallest absolute Gasteiger partial charge is 0.173 e. The summed E-state index contributed by atoms with van der Waals surface area (Å²) in [6, 6.07) is 18.7. The SMILES string of the molecule is O=C(CC1Cc2ccccc21)c1cc2ccccc2s1. The lowest BCUT2D eigenvalue weighted by Crippen LogP contribution is -2.19. The van der Waals surface area contributed by atoms with Gasteiger partial charge in [0.15, 0.2) is 5.78 Å². The number of fused-ring (bicyclic) bond motifs is 2. The molecule has 1 aromatic heterocycles. The summed E-state index contributed by atoms with van der Waals surface area (Å²) < 4.78 is 1.20. The average Bonchev–Trinajstić information content (AvgIpc) is 2.88. The molecule has 98 valence electrons. The predicted octanol–water partition coefficient (Wildman–Crippen LogP) is 4.81. The van der Waals surface area contributed by atoms with Crippen LogP contribution < -0.4 is 0 Å². The fourth-order valence-corrected chi connectivity index (χ4v) is 4.00. The molecule has 1 atom stereocenters. The van der Waals surface area contributed by atoms with Crippen LogP contribution in [0.5, 0.6) is 0 Å². The Balaban J connectivity index is 1.57. The van der Waals surface area contributed by atoms with E-state index in [9.17, 15) is 4.79 Å². The largest absolute Gasteiger partial charge is 0.293 e. The Bertz CT molecular complexity index is 767. The Labute approximate surface area is 121 Å². The molecular weight excluding hydrogens is 264 g/mol. The molecule has 0 fully saturated rings. The Morgan fingerprint density at radius 2 is 1.90 bits per heavy atom. The van der Waals surface area contributed by atoms with E-state index in [1.807, 2.05) is 18.2 Å². The van der Waals surface area contributed by atoms with Crippen LogP contribution in [-0.4, -0.2) is 5.78 Å². The summed E-state index contributed by atoms with van der Waals surface area (Å²) in [5, 5.41) is 1.18. The van der Waals surface area contributed by atoms with Crippen molar-refractivity contribution < 1.29 is 4.79 Å². The van der Waals surface area contributed by atoms with Crippen molar-refractivity contribution >= 4 is 27.2 Å². The third kappa shape index (κ3) is 1.88. The zero-order valence-electron chi connectivity index (χ0n) is 11.0. The van der Waals surface area contributed by atoms with Crippen LogP contribution in [-0.2, 0) is 6.42 Å². The standard InChI is InChI=1S/C18H14OS/c19-16(10-14-9-12-5-1-3-7-15(12)14)18-11-13-6-2-4-8-17(13)20-18/h1-8,11,14H,9-10H2. The van der Waals surface area contributed by atoms with Gasteiger partial charge in [-0.2, -0.15) is 0 Å². The first-order valence-corrected chi connectivity index (χ1v) is 7.72. The van der Waals surface area contributed by atoms with Crippen LogP contribution in [0.15, 0.2) is 54.6 Å².